The monoisotopic (exact) mass is 1310 g/mol. The van der Waals surface area contributed by atoms with E-state index in [0.717, 1.165) is 65.6 Å². The van der Waals surface area contributed by atoms with Crippen molar-refractivity contribution in [1.29, 1.82) is 0 Å². The number of pyridine rings is 1. The lowest BCUT2D eigenvalue weighted by atomic mass is 9.39. The molecule has 6 aliphatic rings. The number of carbonyl (C=O) groups excluding carboxylic acids is 4. The van der Waals surface area contributed by atoms with Crippen LogP contribution < -0.4 is 21.3 Å². The number of hydrogen-bond donors (Lipinski definition) is 9. The Balaban J connectivity index is 0.763. The van der Waals surface area contributed by atoms with Crippen LogP contribution in [0.5, 0.6) is 0 Å². The van der Waals surface area contributed by atoms with E-state index in [9.17, 15) is 54.6 Å². The molecule has 4 bridgehead atoms. The standard InChI is InChI=1S/C70H89N9O14S/c1-40(2)58(71)63(87)73-41(3)53(82)27-43-14-15-46(45(26-43)16-18-55-61(85)60(84)54(83)32-91-55)31-92-66(90)77(23-21-47(81)30-80)24-25-93-70-36-67(5)33-68(6,37-70)35-69(34-67,38-70)39-79-42(4)50(28-72-79)48-17-19-57(75-59(48)64(88)89)78-22-20-44-10-9-11-49(51(44)29-78)62(86)76-65-74-52-12-7-8-13-56(52)94-65/h7-15,17,19,26,28,40-41,47,54-55,58,60-61,80-81,83-85H,16,18,20-25,27,29-39,71H2,1-6H3,(H,73,87)(H,88,89)(H,74,76,86)/t41-,47-,54+,55-,58-,60-,61-,67?,68?,69?,70?/m0/s1. The van der Waals surface area contributed by atoms with Gasteiger partial charge in [0.15, 0.2) is 16.6 Å². The number of nitrogens with zero attached hydrogens (tertiary/aromatic N) is 6. The molecule has 1 saturated heterocycles. The highest BCUT2D eigenvalue weighted by Gasteiger charge is 2.66. The summed E-state index contributed by atoms with van der Waals surface area (Å²) in [6.45, 7) is 12.8. The van der Waals surface area contributed by atoms with Crippen molar-refractivity contribution in [2.45, 2.75) is 180 Å². The second-order valence-corrected chi connectivity index (χ2v) is 29.3. The highest BCUT2D eigenvalue weighted by atomic mass is 32.1. The van der Waals surface area contributed by atoms with Crippen LogP contribution in [0.15, 0.2) is 79.0 Å². The number of aryl methyl sites for hydroxylation is 1. The summed E-state index contributed by atoms with van der Waals surface area (Å²) in [5.41, 5.74) is 12.1. The van der Waals surface area contributed by atoms with Crippen LogP contribution >= 0.6 is 11.3 Å². The summed E-state index contributed by atoms with van der Waals surface area (Å²) in [7, 11) is 0. The number of aliphatic hydroxyl groups excluding tert-OH is 5. The van der Waals surface area contributed by atoms with Gasteiger partial charge >= 0.3 is 12.1 Å². The fourth-order valence-electron chi connectivity index (χ4n) is 16.3. The lowest BCUT2D eigenvalue weighted by molar-refractivity contribution is -0.248. The zero-order valence-corrected chi connectivity index (χ0v) is 55.2. The average Bonchev–Trinajstić information content (AvgIpc) is 0.780. The number of carbonyl (C=O) groups is 5. The van der Waals surface area contributed by atoms with Crippen LogP contribution in [-0.2, 0) is 62.8 Å². The van der Waals surface area contributed by atoms with E-state index in [1.54, 1.807) is 37.4 Å². The molecule has 0 radical (unpaired) electrons. The van der Waals surface area contributed by atoms with Gasteiger partial charge < -0.3 is 65.7 Å². The number of nitrogens with one attached hydrogen (secondary N) is 2. The SMILES string of the molecule is Cc1c(-c2ccc(N3CCc4cccc(C(=O)Nc5nc6ccccc6s5)c4C3)nc2C(=O)O)cnn1CC12CC3(C)CC(C)(C1)CC(OCCN(CC[C@H](O)CO)C(=O)OCc1ccc(CC(=O)[C@H](C)NC(=O)[C@@H](N)C(C)C)cc1CC[C@@H]1OC[C@@H](O)[C@H](O)[C@H]1O)(C3)C2. The van der Waals surface area contributed by atoms with Crippen LogP contribution in [0.2, 0.25) is 0 Å². The fourth-order valence-corrected chi connectivity index (χ4v) is 17.2. The molecule has 12 rings (SSSR count). The first-order chi connectivity index (χ1) is 44.7. The van der Waals surface area contributed by atoms with Gasteiger partial charge in [-0.15, -0.1) is 0 Å². The number of rotatable bonds is 26. The van der Waals surface area contributed by atoms with Crippen molar-refractivity contribution in [2.24, 2.45) is 27.9 Å². The number of hydrogen-bond acceptors (Lipinski definition) is 19. The minimum Gasteiger partial charge on any atom is -0.476 e. The molecule has 6 aromatic rings. The van der Waals surface area contributed by atoms with Gasteiger partial charge in [0.1, 0.15) is 30.7 Å². The first-order valence-electron chi connectivity index (χ1n) is 32.7. The molecule has 5 fully saturated rings. The van der Waals surface area contributed by atoms with Crippen LogP contribution in [0.3, 0.4) is 0 Å². The van der Waals surface area contributed by atoms with Crippen LogP contribution in [0, 0.1) is 29.1 Å². The van der Waals surface area contributed by atoms with Crippen LogP contribution in [0.25, 0.3) is 21.3 Å². The number of carboxylic acids is 1. The molecule has 3 aromatic carbocycles. The minimum atomic E-state index is -1.41. The smallest absolute Gasteiger partial charge is 0.410 e. The molecule has 4 saturated carbocycles. The minimum absolute atomic E-state index is 0.0367. The van der Waals surface area contributed by atoms with E-state index in [0.29, 0.717) is 70.4 Å². The number of nitrogens with two attached hydrogens (primary N) is 1. The molecule has 24 heteroatoms. The maximum Gasteiger partial charge on any atom is 0.410 e. The molecule has 3 amide bonds. The number of thiazole rings is 1. The number of anilines is 2. The van der Waals surface area contributed by atoms with Gasteiger partial charge in [0, 0.05) is 61.5 Å². The van der Waals surface area contributed by atoms with Crippen molar-refractivity contribution in [2.75, 3.05) is 49.7 Å². The number of ether oxygens (including phenoxy) is 3. The molecule has 4 aliphatic carbocycles. The molecule has 10 N–H and O–H groups in total. The van der Waals surface area contributed by atoms with E-state index in [2.05, 4.69) is 29.5 Å². The number of benzene rings is 3. The fraction of sp³-hybridized carbons (Fsp3) is 0.543. The third kappa shape index (κ3) is 14.9. The molecule has 94 heavy (non-hydrogen) atoms. The van der Waals surface area contributed by atoms with Gasteiger partial charge in [-0.3, -0.25) is 24.4 Å². The Morgan fingerprint density at radius 1 is 0.894 bits per heavy atom. The first-order valence-corrected chi connectivity index (χ1v) is 33.6. The summed E-state index contributed by atoms with van der Waals surface area (Å²) < 4.78 is 21.8. The number of carboxylic acid groups (broad SMARTS) is 1. The van der Waals surface area contributed by atoms with Gasteiger partial charge in [0.05, 0.1) is 66.1 Å². The number of ketones is 1. The van der Waals surface area contributed by atoms with Gasteiger partial charge in [-0.05, 0) is 158 Å². The van der Waals surface area contributed by atoms with Crippen molar-refractivity contribution in [3.8, 4) is 11.1 Å². The van der Waals surface area contributed by atoms with Gasteiger partial charge in [-0.2, -0.15) is 5.10 Å². The van der Waals surface area contributed by atoms with Crippen molar-refractivity contribution in [1.82, 2.24) is 30.0 Å². The quantitative estimate of drug-likeness (QED) is 0.0266. The number of amides is 3. The highest BCUT2D eigenvalue weighted by Crippen LogP contribution is 2.72. The van der Waals surface area contributed by atoms with E-state index in [4.69, 9.17) is 30.0 Å². The predicted molar refractivity (Wildman–Crippen MR) is 352 cm³/mol. The molecule has 2 unspecified atom stereocenters. The topological polar surface area (TPSA) is 335 Å². The van der Waals surface area contributed by atoms with Crippen molar-refractivity contribution in [3.63, 3.8) is 0 Å². The molecule has 3 aromatic heterocycles. The van der Waals surface area contributed by atoms with Crippen molar-refractivity contribution in [3.05, 3.63) is 124 Å². The Kier molecular flexibility index (Phi) is 20.2. The third-order valence-electron chi connectivity index (χ3n) is 20.1. The molecule has 2 aliphatic heterocycles. The number of Topliss-reactive ketones (excluding diaryl/α,β-unsaturated/α-hetero) is 1. The summed E-state index contributed by atoms with van der Waals surface area (Å²) in [5.74, 6) is -1.78. The Morgan fingerprint density at radius 3 is 2.39 bits per heavy atom. The molecule has 23 nitrogen and oxygen atoms in total. The molecule has 5 heterocycles. The lowest BCUT2D eigenvalue weighted by Crippen LogP contribution is -2.64. The summed E-state index contributed by atoms with van der Waals surface area (Å²) in [6.07, 6.45) is 1.56. The zero-order chi connectivity index (χ0) is 67.0. The molecular weight excluding hydrogens is 1220 g/mol. The molecule has 9 atom stereocenters. The van der Waals surface area contributed by atoms with Crippen molar-refractivity contribution >= 4 is 62.2 Å². The summed E-state index contributed by atoms with van der Waals surface area (Å²) in [6, 6.07) is 20.8. The zero-order valence-electron chi connectivity index (χ0n) is 54.4. The number of aromatic nitrogens is 4. The summed E-state index contributed by atoms with van der Waals surface area (Å²) >= 11 is 1.41. The first kappa shape index (κ1) is 68.1. The maximum absolute atomic E-state index is 14.3. The molecule has 0 spiro atoms. The molecule has 504 valence electrons. The van der Waals surface area contributed by atoms with Gasteiger partial charge in [-0.1, -0.05) is 81.5 Å². The number of para-hydroxylation sites is 1. The van der Waals surface area contributed by atoms with E-state index in [1.165, 1.54) is 16.2 Å². The van der Waals surface area contributed by atoms with Crippen LogP contribution in [-0.4, -0.2) is 173 Å². The average molecular weight is 1310 g/mol. The summed E-state index contributed by atoms with van der Waals surface area (Å²) in [4.78, 5) is 80.4. The number of fused-ring (bicyclic) bond motifs is 2. The highest BCUT2D eigenvalue weighted by molar-refractivity contribution is 7.22. The second-order valence-electron chi connectivity index (χ2n) is 28.3. The maximum atomic E-state index is 14.3. The van der Waals surface area contributed by atoms with Gasteiger partial charge in [-0.25, -0.2) is 19.6 Å². The normalized spacial score (nSPS) is 25.6. The number of aromatic carboxylic acids is 1. The lowest BCUT2D eigenvalue weighted by Gasteiger charge is -2.69. The van der Waals surface area contributed by atoms with E-state index >= 15 is 0 Å². The van der Waals surface area contributed by atoms with E-state index < -0.39 is 72.8 Å². The Hall–Kier alpha value is -7.26. The Morgan fingerprint density at radius 2 is 1.66 bits per heavy atom. The second kappa shape index (κ2) is 27.8. The Bertz CT molecular complexity index is 3750. The Labute approximate surface area is 551 Å². The van der Waals surface area contributed by atoms with Gasteiger partial charge in [0.25, 0.3) is 5.91 Å². The largest absolute Gasteiger partial charge is 0.476 e. The molecular formula is C70H89N9O14S. The predicted octanol–water partition coefficient (Wildman–Crippen LogP) is 6.91. The number of aliphatic hydroxyl groups is 5. The van der Waals surface area contributed by atoms with Crippen LogP contribution in [0.4, 0.5) is 15.7 Å². The van der Waals surface area contributed by atoms with Crippen LogP contribution in [0.1, 0.15) is 140 Å². The van der Waals surface area contributed by atoms with Gasteiger partial charge in [0.2, 0.25) is 5.91 Å². The van der Waals surface area contributed by atoms with E-state index in [-0.39, 0.29) is 98.1 Å². The summed E-state index contributed by atoms with van der Waals surface area (Å²) in [5, 5.41) is 73.6. The van der Waals surface area contributed by atoms with E-state index in [1.807, 2.05) is 78.9 Å². The third-order valence-corrected chi connectivity index (χ3v) is 21.1. The van der Waals surface area contributed by atoms with Crippen molar-refractivity contribution < 1.29 is 68.8 Å².